The summed E-state index contributed by atoms with van der Waals surface area (Å²) in [7, 11) is 1.60. The number of aryl methyl sites for hydroxylation is 1. The number of carboxylic acid groups (broad SMARTS) is 1. The monoisotopic (exact) mass is 171 g/mol. The van der Waals surface area contributed by atoms with Gasteiger partial charge in [0.15, 0.2) is 0 Å². The molecule has 0 bridgehead atoms. The molecular weight excluding hydrogens is 165 g/mol. The van der Waals surface area contributed by atoms with Gasteiger partial charge in [-0.15, -0.1) is 5.10 Å². The van der Waals surface area contributed by atoms with Gasteiger partial charge in [-0.25, -0.2) is 4.79 Å². The molecule has 1 aromatic heterocycles. The molecule has 64 valence electrons. The molecule has 0 aromatic carbocycles. The first kappa shape index (κ1) is 8.38. The van der Waals surface area contributed by atoms with Crippen LogP contribution in [0, 0.1) is 0 Å². The fourth-order valence-corrected chi connectivity index (χ4v) is 0.623. The molecule has 5 nitrogen and oxygen atoms in total. The van der Waals surface area contributed by atoms with Crippen LogP contribution in [0.4, 0.5) is 4.39 Å². The highest BCUT2D eigenvalue weighted by Crippen LogP contribution is 2.03. The number of halogens is 1. The second kappa shape index (κ2) is 3.12. The third-order valence-electron chi connectivity index (χ3n) is 1.10. The summed E-state index contributed by atoms with van der Waals surface area (Å²) in [6.07, 6.45) is 2.21. The van der Waals surface area contributed by atoms with E-state index in [1.165, 1.54) is 10.9 Å². The quantitative estimate of drug-likeness (QED) is 0.646. The standard InChI is InChI=1S/C6H6FN3O2/c1-10-3-4(8-9-10)2-5(7)6(11)12/h2-3H,1H3,(H,11,12)/b5-2-. The number of carbonyl (C=O) groups is 1. The molecule has 0 amide bonds. The lowest BCUT2D eigenvalue weighted by atomic mass is 10.4. The van der Waals surface area contributed by atoms with Gasteiger partial charge in [-0.3, -0.25) is 4.68 Å². The maximum absolute atomic E-state index is 12.4. The zero-order valence-corrected chi connectivity index (χ0v) is 6.23. The molecule has 0 saturated carbocycles. The van der Waals surface area contributed by atoms with Crippen molar-refractivity contribution < 1.29 is 14.3 Å². The van der Waals surface area contributed by atoms with E-state index >= 15 is 0 Å². The van der Waals surface area contributed by atoms with Crippen LogP contribution in [-0.2, 0) is 11.8 Å². The molecule has 1 N–H and O–H groups in total. The molecule has 1 aromatic rings. The van der Waals surface area contributed by atoms with E-state index < -0.39 is 11.8 Å². The highest BCUT2D eigenvalue weighted by atomic mass is 19.1. The smallest absolute Gasteiger partial charge is 0.364 e. The Morgan fingerprint density at radius 1 is 1.83 bits per heavy atom. The van der Waals surface area contributed by atoms with Crippen molar-refractivity contribution in [1.82, 2.24) is 15.0 Å². The van der Waals surface area contributed by atoms with Crippen LogP contribution in [0.2, 0.25) is 0 Å². The minimum atomic E-state index is -1.61. The Morgan fingerprint density at radius 3 is 2.92 bits per heavy atom. The van der Waals surface area contributed by atoms with Crippen molar-refractivity contribution in [2.75, 3.05) is 0 Å². The highest BCUT2D eigenvalue weighted by Gasteiger charge is 2.06. The summed E-state index contributed by atoms with van der Waals surface area (Å²) < 4.78 is 13.8. The maximum Gasteiger partial charge on any atom is 0.364 e. The van der Waals surface area contributed by atoms with Gasteiger partial charge in [-0.1, -0.05) is 5.21 Å². The first-order valence-corrected chi connectivity index (χ1v) is 3.06. The number of carboxylic acids is 1. The van der Waals surface area contributed by atoms with E-state index in [4.69, 9.17) is 5.11 Å². The largest absolute Gasteiger partial charge is 0.476 e. The molecule has 0 atom stereocenters. The number of aromatic nitrogens is 3. The predicted octanol–water partition coefficient (Wildman–Crippen LogP) is 0.210. The lowest BCUT2D eigenvalue weighted by molar-refractivity contribution is -0.134. The Balaban J connectivity index is 2.87. The normalized spacial score (nSPS) is 11.7. The van der Waals surface area contributed by atoms with Crippen LogP contribution in [0.15, 0.2) is 12.0 Å². The molecule has 0 radical (unpaired) electrons. The fraction of sp³-hybridized carbons (Fsp3) is 0.167. The van der Waals surface area contributed by atoms with Crippen LogP contribution in [-0.4, -0.2) is 26.1 Å². The number of aliphatic carboxylic acids is 1. The van der Waals surface area contributed by atoms with Crippen LogP contribution in [0.3, 0.4) is 0 Å². The minimum absolute atomic E-state index is 0.178. The van der Waals surface area contributed by atoms with E-state index in [2.05, 4.69) is 10.3 Å². The first-order valence-electron chi connectivity index (χ1n) is 3.06. The highest BCUT2D eigenvalue weighted by molar-refractivity contribution is 5.89. The fourth-order valence-electron chi connectivity index (χ4n) is 0.623. The molecule has 1 heterocycles. The molecule has 0 spiro atoms. The third-order valence-corrected chi connectivity index (χ3v) is 1.10. The average Bonchev–Trinajstić information content (AvgIpc) is 2.35. The second-order valence-electron chi connectivity index (χ2n) is 2.11. The van der Waals surface area contributed by atoms with Crippen molar-refractivity contribution in [2.45, 2.75) is 0 Å². The van der Waals surface area contributed by atoms with Crippen molar-refractivity contribution in [3.8, 4) is 0 Å². The summed E-state index contributed by atoms with van der Waals surface area (Å²) in [5.41, 5.74) is 0.178. The third kappa shape index (κ3) is 1.88. The summed E-state index contributed by atoms with van der Waals surface area (Å²) >= 11 is 0. The lowest BCUT2D eigenvalue weighted by Crippen LogP contribution is -1.93. The maximum atomic E-state index is 12.4. The first-order chi connectivity index (χ1) is 5.59. The van der Waals surface area contributed by atoms with Crippen molar-refractivity contribution in [1.29, 1.82) is 0 Å². The Bertz CT molecular complexity index is 331. The molecule has 0 saturated heterocycles. The van der Waals surface area contributed by atoms with E-state index in [1.807, 2.05) is 0 Å². The van der Waals surface area contributed by atoms with Gasteiger partial charge in [0, 0.05) is 13.1 Å². The van der Waals surface area contributed by atoms with Crippen molar-refractivity contribution in [3.05, 3.63) is 17.7 Å². The van der Waals surface area contributed by atoms with E-state index in [0.717, 1.165) is 6.08 Å². The molecule has 0 aliphatic heterocycles. The molecule has 0 unspecified atom stereocenters. The van der Waals surface area contributed by atoms with Crippen molar-refractivity contribution in [3.63, 3.8) is 0 Å². The van der Waals surface area contributed by atoms with Gasteiger partial charge in [-0.2, -0.15) is 4.39 Å². The molecule has 0 aliphatic rings. The summed E-state index contributed by atoms with van der Waals surface area (Å²) in [4.78, 5) is 10.0. The Morgan fingerprint density at radius 2 is 2.50 bits per heavy atom. The number of nitrogens with zero attached hydrogens (tertiary/aromatic N) is 3. The average molecular weight is 171 g/mol. The van der Waals surface area contributed by atoms with Crippen LogP contribution < -0.4 is 0 Å². The molecular formula is C6H6FN3O2. The molecule has 0 aliphatic carbocycles. The van der Waals surface area contributed by atoms with E-state index in [9.17, 15) is 9.18 Å². The predicted molar refractivity (Wildman–Crippen MR) is 37.7 cm³/mol. The minimum Gasteiger partial charge on any atom is -0.476 e. The molecule has 12 heavy (non-hydrogen) atoms. The van der Waals surface area contributed by atoms with Gasteiger partial charge in [-0.05, 0) is 0 Å². The van der Waals surface area contributed by atoms with Gasteiger partial charge in [0.2, 0.25) is 5.83 Å². The Labute approximate surface area is 67.1 Å². The summed E-state index contributed by atoms with van der Waals surface area (Å²) in [5, 5.41) is 15.1. The van der Waals surface area contributed by atoms with Gasteiger partial charge in [0.25, 0.3) is 0 Å². The Kier molecular flexibility index (Phi) is 2.18. The van der Waals surface area contributed by atoms with E-state index in [0.29, 0.717) is 0 Å². The number of hydrogen-bond donors (Lipinski definition) is 1. The lowest BCUT2D eigenvalue weighted by Gasteiger charge is -1.84. The summed E-state index contributed by atoms with van der Waals surface area (Å²) in [6.45, 7) is 0. The van der Waals surface area contributed by atoms with Crippen LogP contribution in [0.5, 0.6) is 0 Å². The summed E-state index contributed by atoms with van der Waals surface area (Å²) in [6, 6.07) is 0. The molecule has 0 fully saturated rings. The summed E-state index contributed by atoms with van der Waals surface area (Å²) in [5.74, 6) is -2.86. The van der Waals surface area contributed by atoms with E-state index in [1.54, 1.807) is 7.05 Å². The van der Waals surface area contributed by atoms with E-state index in [-0.39, 0.29) is 5.69 Å². The van der Waals surface area contributed by atoms with Gasteiger partial charge in [0.05, 0.1) is 6.20 Å². The SMILES string of the molecule is Cn1cc(/C=C(\F)C(=O)O)nn1. The van der Waals surface area contributed by atoms with Gasteiger partial charge >= 0.3 is 5.97 Å². The van der Waals surface area contributed by atoms with Gasteiger partial charge < -0.3 is 5.11 Å². The Hall–Kier alpha value is -1.72. The zero-order valence-electron chi connectivity index (χ0n) is 6.23. The molecule has 1 rings (SSSR count). The second-order valence-corrected chi connectivity index (χ2v) is 2.11. The topological polar surface area (TPSA) is 68.0 Å². The van der Waals surface area contributed by atoms with Crippen LogP contribution in [0.25, 0.3) is 6.08 Å². The molecule has 6 heteroatoms. The van der Waals surface area contributed by atoms with Gasteiger partial charge in [0.1, 0.15) is 5.69 Å². The number of rotatable bonds is 2. The zero-order chi connectivity index (χ0) is 9.14. The van der Waals surface area contributed by atoms with Crippen LogP contribution >= 0.6 is 0 Å². The van der Waals surface area contributed by atoms with Crippen molar-refractivity contribution >= 4 is 12.0 Å². The van der Waals surface area contributed by atoms with Crippen LogP contribution in [0.1, 0.15) is 5.69 Å². The number of hydrogen-bond acceptors (Lipinski definition) is 3. The van der Waals surface area contributed by atoms with Crippen molar-refractivity contribution in [2.24, 2.45) is 7.05 Å².